The maximum absolute atomic E-state index is 13.7. The molecule has 5 heteroatoms. The third kappa shape index (κ3) is 3.84. The molecule has 1 atom stereocenters. The zero-order chi connectivity index (χ0) is 15.2. The zero-order valence-corrected chi connectivity index (χ0v) is 12.9. The van der Waals surface area contributed by atoms with E-state index in [2.05, 4.69) is 12.2 Å². The van der Waals surface area contributed by atoms with E-state index < -0.39 is 5.82 Å². The van der Waals surface area contributed by atoms with Crippen molar-refractivity contribution in [3.05, 3.63) is 58.3 Å². The number of furan rings is 1. The number of benzene rings is 1. The molecule has 1 aromatic carbocycles. The summed E-state index contributed by atoms with van der Waals surface area (Å²) < 4.78 is 24.5. The average molecular weight is 312 g/mol. The molecule has 2 rings (SSSR count). The summed E-state index contributed by atoms with van der Waals surface area (Å²) in [6.45, 7) is 3.24. The molecule has 0 aliphatic carbocycles. The summed E-state index contributed by atoms with van der Waals surface area (Å²) >= 11 is 6.10. The van der Waals surface area contributed by atoms with E-state index in [0.717, 1.165) is 18.7 Å². The summed E-state index contributed by atoms with van der Waals surface area (Å²) in [6, 6.07) is 8.24. The van der Waals surface area contributed by atoms with Gasteiger partial charge in [0, 0.05) is 7.11 Å². The van der Waals surface area contributed by atoms with Crippen LogP contribution in [0.4, 0.5) is 4.39 Å². The van der Waals surface area contributed by atoms with Crippen LogP contribution in [-0.4, -0.2) is 13.7 Å². The average Bonchev–Trinajstić information content (AvgIpc) is 2.92. The molecular weight excluding hydrogens is 293 g/mol. The molecule has 0 radical (unpaired) electrons. The molecule has 2 aromatic rings. The standard InChI is InChI=1S/C16H19ClFNO2/c1-3-9-19-16(12-5-4-6-13(18)15(12)17)14-8-7-11(21-14)10-20-2/h4-8,16,19H,3,9-10H2,1-2H3. The Morgan fingerprint density at radius 3 is 2.86 bits per heavy atom. The molecule has 0 amide bonds. The molecular formula is C16H19ClFNO2. The molecule has 0 saturated heterocycles. The van der Waals surface area contributed by atoms with Crippen molar-refractivity contribution in [2.75, 3.05) is 13.7 Å². The minimum Gasteiger partial charge on any atom is -0.462 e. The topological polar surface area (TPSA) is 34.4 Å². The summed E-state index contributed by atoms with van der Waals surface area (Å²) in [4.78, 5) is 0. The summed E-state index contributed by atoms with van der Waals surface area (Å²) in [5.74, 6) is 0.993. The minimum absolute atomic E-state index is 0.121. The van der Waals surface area contributed by atoms with Crippen LogP contribution in [0.15, 0.2) is 34.7 Å². The van der Waals surface area contributed by atoms with Gasteiger partial charge in [0.05, 0.1) is 11.1 Å². The highest BCUT2D eigenvalue weighted by molar-refractivity contribution is 6.31. The number of nitrogens with one attached hydrogen (secondary N) is 1. The van der Waals surface area contributed by atoms with Gasteiger partial charge in [0.1, 0.15) is 23.9 Å². The summed E-state index contributed by atoms with van der Waals surface area (Å²) in [5.41, 5.74) is 0.670. The zero-order valence-electron chi connectivity index (χ0n) is 12.2. The lowest BCUT2D eigenvalue weighted by atomic mass is 10.0. The Labute approximate surface area is 129 Å². The Kier molecular flexibility index (Phi) is 5.79. The number of methoxy groups -OCH3 is 1. The van der Waals surface area contributed by atoms with Crippen LogP contribution in [0, 0.1) is 5.82 Å². The van der Waals surface area contributed by atoms with Crippen LogP contribution < -0.4 is 5.32 Å². The summed E-state index contributed by atoms with van der Waals surface area (Å²) in [6.07, 6.45) is 0.953. The fraction of sp³-hybridized carbons (Fsp3) is 0.375. The van der Waals surface area contributed by atoms with Crippen molar-refractivity contribution in [2.45, 2.75) is 26.0 Å². The van der Waals surface area contributed by atoms with Crippen molar-refractivity contribution in [1.29, 1.82) is 0 Å². The first-order chi connectivity index (χ1) is 10.2. The van der Waals surface area contributed by atoms with Crippen molar-refractivity contribution in [2.24, 2.45) is 0 Å². The van der Waals surface area contributed by atoms with E-state index in [1.54, 1.807) is 19.2 Å². The van der Waals surface area contributed by atoms with Crippen molar-refractivity contribution in [3.63, 3.8) is 0 Å². The van der Waals surface area contributed by atoms with E-state index in [1.807, 2.05) is 12.1 Å². The minimum atomic E-state index is -0.430. The SMILES string of the molecule is CCCNC(c1ccc(COC)o1)c1cccc(F)c1Cl. The number of hydrogen-bond acceptors (Lipinski definition) is 3. The largest absolute Gasteiger partial charge is 0.462 e. The molecule has 1 unspecified atom stereocenters. The van der Waals surface area contributed by atoms with E-state index in [-0.39, 0.29) is 11.1 Å². The number of halogens is 2. The van der Waals surface area contributed by atoms with Gasteiger partial charge in [-0.25, -0.2) is 4.39 Å². The lowest BCUT2D eigenvalue weighted by Gasteiger charge is -2.18. The highest BCUT2D eigenvalue weighted by Gasteiger charge is 2.21. The van der Waals surface area contributed by atoms with Gasteiger partial charge in [-0.15, -0.1) is 0 Å². The van der Waals surface area contributed by atoms with Crippen molar-refractivity contribution < 1.29 is 13.5 Å². The molecule has 114 valence electrons. The third-order valence-corrected chi connectivity index (χ3v) is 3.54. The van der Waals surface area contributed by atoms with Gasteiger partial charge in [-0.05, 0) is 36.7 Å². The van der Waals surface area contributed by atoms with Gasteiger partial charge in [-0.2, -0.15) is 0 Å². The Hall–Kier alpha value is -1.36. The summed E-state index contributed by atoms with van der Waals surface area (Å²) in [5, 5.41) is 3.46. The maximum atomic E-state index is 13.7. The molecule has 0 saturated carbocycles. The van der Waals surface area contributed by atoms with E-state index in [1.165, 1.54) is 6.07 Å². The smallest absolute Gasteiger partial charge is 0.142 e. The second kappa shape index (κ2) is 7.59. The molecule has 1 aromatic heterocycles. The maximum Gasteiger partial charge on any atom is 0.142 e. The van der Waals surface area contributed by atoms with Crippen LogP contribution in [0.3, 0.4) is 0 Å². The summed E-state index contributed by atoms with van der Waals surface area (Å²) in [7, 11) is 1.61. The number of hydrogen-bond donors (Lipinski definition) is 1. The Balaban J connectivity index is 2.34. The predicted molar refractivity (Wildman–Crippen MR) is 81.0 cm³/mol. The third-order valence-electron chi connectivity index (χ3n) is 3.14. The van der Waals surface area contributed by atoms with Gasteiger partial charge >= 0.3 is 0 Å². The second-order valence-electron chi connectivity index (χ2n) is 4.77. The van der Waals surface area contributed by atoms with Crippen molar-refractivity contribution in [3.8, 4) is 0 Å². The first kappa shape index (κ1) is 16.0. The molecule has 1 N–H and O–H groups in total. The van der Waals surface area contributed by atoms with Gasteiger partial charge in [-0.3, -0.25) is 0 Å². The fourth-order valence-corrected chi connectivity index (χ4v) is 2.40. The molecule has 3 nitrogen and oxygen atoms in total. The van der Waals surface area contributed by atoms with Crippen molar-refractivity contribution in [1.82, 2.24) is 5.32 Å². The Bertz CT molecular complexity index is 585. The van der Waals surface area contributed by atoms with Crippen LogP contribution in [0.5, 0.6) is 0 Å². The molecule has 0 aliphatic rings. The lowest BCUT2D eigenvalue weighted by Crippen LogP contribution is -2.23. The van der Waals surface area contributed by atoms with Crippen LogP contribution >= 0.6 is 11.6 Å². The first-order valence-electron chi connectivity index (χ1n) is 6.92. The van der Waals surface area contributed by atoms with Gasteiger partial charge in [0.25, 0.3) is 0 Å². The van der Waals surface area contributed by atoms with E-state index in [4.69, 9.17) is 20.8 Å². The molecule has 0 spiro atoms. The molecule has 0 aliphatic heterocycles. The Morgan fingerprint density at radius 2 is 2.14 bits per heavy atom. The predicted octanol–water partition coefficient (Wildman–Crippen LogP) is 4.31. The van der Waals surface area contributed by atoms with Gasteiger partial charge < -0.3 is 14.5 Å². The van der Waals surface area contributed by atoms with E-state index in [9.17, 15) is 4.39 Å². The molecule has 1 heterocycles. The monoisotopic (exact) mass is 311 g/mol. The van der Waals surface area contributed by atoms with Crippen LogP contribution in [0.1, 0.15) is 36.5 Å². The van der Waals surface area contributed by atoms with Gasteiger partial charge in [0.2, 0.25) is 0 Å². The van der Waals surface area contributed by atoms with Gasteiger partial charge in [-0.1, -0.05) is 30.7 Å². The highest BCUT2D eigenvalue weighted by Crippen LogP contribution is 2.31. The van der Waals surface area contributed by atoms with Crippen LogP contribution in [-0.2, 0) is 11.3 Å². The van der Waals surface area contributed by atoms with Gasteiger partial charge in [0.15, 0.2) is 0 Å². The first-order valence-corrected chi connectivity index (χ1v) is 7.30. The highest BCUT2D eigenvalue weighted by atomic mass is 35.5. The van der Waals surface area contributed by atoms with E-state index in [0.29, 0.717) is 17.9 Å². The lowest BCUT2D eigenvalue weighted by molar-refractivity contribution is 0.162. The van der Waals surface area contributed by atoms with Crippen LogP contribution in [0.2, 0.25) is 5.02 Å². The van der Waals surface area contributed by atoms with Crippen molar-refractivity contribution >= 4 is 11.6 Å². The number of ether oxygens (including phenoxy) is 1. The Morgan fingerprint density at radius 1 is 1.33 bits per heavy atom. The van der Waals surface area contributed by atoms with Crippen LogP contribution in [0.25, 0.3) is 0 Å². The molecule has 0 bridgehead atoms. The second-order valence-corrected chi connectivity index (χ2v) is 5.15. The normalized spacial score (nSPS) is 12.6. The number of rotatable bonds is 7. The van der Waals surface area contributed by atoms with E-state index >= 15 is 0 Å². The molecule has 21 heavy (non-hydrogen) atoms. The fourth-order valence-electron chi connectivity index (χ4n) is 2.17. The quantitative estimate of drug-likeness (QED) is 0.827. The molecule has 0 fully saturated rings.